The number of nitrogens with zero attached hydrogens (tertiary/aromatic N) is 1. The molecule has 2 unspecified atom stereocenters. The summed E-state index contributed by atoms with van der Waals surface area (Å²) in [6.07, 6.45) is 2.50. The summed E-state index contributed by atoms with van der Waals surface area (Å²) < 4.78 is 0. The number of benzene rings is 1. The summed E-state index contributed by atoms with van der Waals surface area (Å²) in [7, 11) is 0. The van der Waals surface area contributed by atoms with Crippen LogP contribution in [0.3, 0.4) is 0 Å². The van der Waals surface area contributed by atoms with Crippen molar-refractivity contribution in [2.75, 3.05) is 5.32 Å². The fraction of sp³-hybridized carbons (Fsp3) is 0.438. The summed E-state index contributed by atoms with van der Waals surface area (Å²) in [6.45, 7) is 1.86. The second-order valence-electron chi connectivity index (χ2n) is 5.53. The lowest BCUT2D eigenvalue weighted by atomic mass is 9.81. The van der Waals surface area contributed by atoms with E-state index in [4.69, 9.17) is 10.4 Å². The van der Waals surface area contributed by atoms with Crippen molar-refractivity contribution in [3.63, 3.8) is 0 Å². The van der Waals surface area contributed by atoms with Gasteiger partial charge in [-0.25, -0.2) is 0 Å². The summed E-state index contributed by atoms with van der Waals surface area (Å²) in [5, 5.41) is 20.8. The van der Waals surface area contributed by atoms with Gasteiger partial charge in [-0.2, -0.15) is 5.26 Å². The van der Waals surface area contributed by atoms with Crippen molar-refractivity contribution < 1.29 is 14.7 Å². The van der Waals surface area contributed by atoms with Crippen LogP contribution in [-0.4, -0.2) is 17.0 Å². The van der Waals surface area contributed by atoms with E-state index in [1.807, 2.05) is 13.0 Å². The molecule has 2 atom stereocenters. The summed E-state index contributed by atoms with van der Waals surface area (Å²) in [5.41, 5.74) is 1.99. The Bertz CT molecular complexity index is 604. The molecule has 5 heteroatoms. The second-order valence-corrected chi connectivity index (χ2v) is 5.53. The van der Waals surface area contributed by atoms with Gasteiger partial charge in [-0.3, -0.25) is 9.59 Å². The Labute approximate surface area is 123 Å². The lowest BCUT2D eigenvalue weighted by Crippen LogP contribution is -2.31. The van der Waals surface area contributed by atoms with Crippen LogP contribution in [0.15, 0.2) is 18.2 Å². The quantitative estimate of drug-likeness (QED) is 0.893. The van der Waals surface area contributed by atoms with Crippen LogP contribution in [0.1, 0.15) is 36.8 Å². The molecule has 0 radical (unpaired) electrons. The summed E-state index contributed by atoms with van der Waals surface area (Å²) in [6, 6.07) is 7.17. The zero-order chi connectivity index (χ0) is 15.4. The Balaban J connectivity index is 2.08. The highest BCUT2D eigenvalue weighted by molar-refractivity contribution is 5.93. The number of carboxylic acid groups (broad SMARTS) is 1. The normalized spacial score (nSPS) is 21.3. The largest absolute Gasteiger partial charge is 0.481 e. The monoisotopic (exact) mass is 286 g/mol. The Morgan fingerprint density at radius 3 is 2.71 bits per heavy atom. The van der Waals surface area contributed by atoms with Gasteiger partial charge in [0.1, 0.15) is 0 Å². The van der Waals surface area contributed by atoms with Crippen LogP contribution in [0.2, 0.25) is 0 Å². The van der Waals surface area contributed by atoms with Crippen molar-refractivity contribution in [1.82, 2.24) is 0 Å². The lowest BCUT2D eigenvalue weighted by Gasteiger charge is -2.26. The number of amides is 1. The average molecular weight is 286 g/mol. The summed E-state index contributed by atoms with van der Waals surface area (Å²) in [4.78, 5) is 23.4. The fourth-order valence-corrected chi connectivity index (χ4v) is 2.71. The van der Waals surface area contributed by atoms with E-state index in [1.165, 1.54) is 0 Å². The van der Waals surface area contributed by atoms with Gasteiger partial charge in [0.05, 0.1) is 17.6 Å². The molecule has 5 nitrogen and oxygen atoms in total. The maximum absolute atomic E-state index is 12.3. The molecule has 0 bridgehead atoms. The second kappa shape index (κ2) is 6.40. The van der Waals surface area contributed by atoms with Gasteiger partial charge in [-0.05, 0) is 43.9 Å². The number of carboxylic acids is 1. The Morgan fingerprint density at radius 2 is 2.05 bits per heavy atom. The molecule has 1 aliphatic carbocycles. The number of nitrogens with one attached hydrogen (secondary N) is 1. The zero-order valence-corrected chi connectivity index (χ0v) is 11.9. The molecule has 0 saturated heterocycles. The summed E-state index contributed by atoms with van der Waals surface area (Å²) in [5.74, 6) is -1.68. The molecule has 0 aromatic heterocycles. The van der Waals surface area contributed by atoms with Gasteiger partial charge in [0, 0.05) is 11.6 Å². The number of carbonyl (C=O) groups is 2. The molecule has 21 heavy (non-hydrogen) atoms. The molecule has 0 spiro atoms. The molecule has 2 N–H and O–H groups in total. The van der Waals surface area contributed by atoms with Gasteiger partial charge in [-0.15, -0.1) is 0 Å². The maximum Gasteiger partial charge on any atom is 0.306 e. The molecular weight excluding hydrogens is 268 g/mol. The first-order valence-corrected chi connectivity index (χ1v) is 7.05. The molecule has 1 aromatic carbocycles. The van der Waals surface area contributed by atoms with E-state index < -0.39 is 11.9 Å². The van der Waals surface area contributed by atoms with E-state index in [9.17, 15) is 9.59 Å². The molecule has 1 amide bonds. The molecule has 1 saturated carbocycles. The number of aliphatic carboxylic acids is 1. The lowest BCUT2D eigenvalue weighted by molar-refractivity contribution is -0.143. The number of rotatable bonds is 3. The molecule has 2 rings (SSSR count). The van der Waals surface area contributed by atoms with Crippen LogP contribution >= 0.6 is 0 Å². The van der Waals surface area contributed by atoms with Gasteiger partial charge in [-0.1, -0.05) is 12.5 Å². The third-order valence-electron chi connectivity index (χ3n) is 4.02. The topological polar surface area (TPSA) is 90.2 Å². The number of aryl methyl sites for hydroxylation is 1. The average Bonchev–Trinajstić information content (AvgIpc) is 2.49. The third-order valence-corrected chi connectivity index (χ3v) is 4.02. The van der Waals surface area contributed by atoms with Crippen molar-refractivity contribution in [3.8, 4) is 6.07 Å². The van der Waals surface area contributed by atoms with Gasteiger partial charge in [0.25, 0.3) is 0 Å². The molecule has 0 aliphatic heterocycles. The predicted molar refractivity (Wildman–Crippen MR) is 77.6 cm³/mol. The minimum absolute atomic E-state index is 0.154. The highest BCUT2D eigenvalue weighted by Crippen LogP contribution is 2.30. The minimum Gasteiger partial charge on any atom is -0.481 e. The zero-order valence-electron chi connectivity index (χ0n) is 11.9. The van der Waals surface area contributed by atoms with Crippen LogP contribution in [0.25, 0.3) is 0 Å². The molecular formula is C16H18N2O3. The highest BCUT2D eigenvalue weighted by Gasteiger charge is 2.31. The van der Waals surface area contributed by atoms with Crippen molar-refractivity contribution in [1.29, 1.82) is 5.26 Å². The highest BCUT2D eigenvalue weighted by atomic mass is 16.4. The summed E-state index contributed by atoms with van der Waals surface area (Å²) >= 11 is 0. The van der Waals surface area contributed by atoms with E-state index in [1.54, 1.807) is 18.2 Å². The number of carbonyl (C=O) groups excluding carboxylic acids is 1. The number of anilines is 1. The fourth-order valence-electron chi connectivity index (χ4n) is 2.71. The van der Waals surface area contributed by atoms with Crippen molar-refractivity contribution in [2.45, 2.75) is 32.6 Å². The molecule has 0 heterocycles. The van der Waals surface area contributed by atoms with Crippen molar-refractivity contribution in [3.05, 3.63) is 29.3 Å². The Hall–Kier alpha value is -2.35. The Kier molecular flexibility index (Phi) is 4.59. The Morgan fingerprint density at radius 1 is 1.33 bits per heavy atom. The molecule has 1 aliphatic rings. The van der Waals surface area contributed by atoms with Crippen LogP contribution < -0.4 is 5.32 Å². The first-order valence-electron chi connectivity index (χ1n) is 7.05. The van der Waals surface area contributed by atoms with E-state index in [2.05, 4.69) is 5.32 Å². The molecule has 1 aromatic rings. The van der Waals surface area contributed by atoms with Gasteiger partial charge < -0.3 is 10.4 Å². The maximum atomic E-state index is 12.3. The SMILES string of the molecule is Cc1ccc(C#N)cc1NC(=O)C1CCCC(C(=O)O)C1. The standard InChI is InChI=1S/C16H18N2O3/c1-10-5-6-11(9-17)7-14(10)18-15(19)12-3-2-4-13(8-12)16(20)21/h5-7,12-13H,2-4,8H2,1H3,(H,18,19)(H,20,21). The molecule has 110 valence electrons. The number of hydrogen-bond donors (Lipinski definition) is 2. The van der Waals surface area contributed by atoms with Crippen LogP contribution in [0.4, 0.5) is 5.69 Å². The smallest absolute Gasteiger partial charge is 0.306 e. The number of hydrogen-bond acceptors (Lipinski definition) is 3. The van der Waals surface area contributed by atoms with E-state index in [0.29, 0.717) is 30.5 Å². The van der Waals surface area contributed by atoms with Gasteiger partial charge >= 0.3 is 5.97 Å². The van der Waals surface area contributed by atoms with E-state index >= 15 is 0 Å². The third kappa shape index (κ3) is 3.60. The molecule has 1 fully saturated rings. The van der Waals surface area contributed by atoms with E-state index in [-0.39, 0.29) is 11.8 Å². The van der Waals surface area contributed by atoms with Crippen molar-refractivity contribution >= 4 is 17.6 Å². The van der Waals surface area contributed by atoms with E-state index in [0.717, 1.165) is 12.0 Å². The number of nitriles is 1. The first-order chi connectivity index (χ1) is 10.0. The van der Waals surface area contributed by atoms with Crippen molar-refractivity contribution in [2.24, 2.45) is 11.8 Å². The van der Waals surface area contributed by atoms with Crippen LogP contribution in [0.5, 0.6) is 0 Å². The van der Waals surface area contributed by atoms with Crippen LogP contribution in [-0.2, 0) is 9.59 Å². The predicted octanol–water partition coefficient (Wildman–Crippen LogP) is 2.70. The minimum atomic E-state index is -0.824. The van der Waals surface area contributed by atoms with Gasteiger partial charge in [0.15, 0.2) is 0 Å². The van der Waals surface area contributed by atoms with Gasteiger partial charge in [0.2, 0.25) is 5.91 Å². The first kappa shape index (κ1) is 15.0. The van der Waals surface area contributed by atoms with Crippen LogP contribution in [0, 0.1) is 30.1 Å².